The van der Waals surface area contributed by atoms with Gasteiger partial charge in [-0.3, -0.25) is 9.59 Å². The van der Waals surface area contributed by atoms with Gasteiger partial charge in [0.15, 0.2) is 0 Å². The van der Waals surface area contributed by atoms with Gasteiger partial charge in [-0.2, -0.15) is 0 Å². The van der Waals surface area contributed by atoms with Crippen molar-refractivity contribution in [2.45, 2.75) is 6.42 Å². The molecule has 0 fully saturated rings. The van der Waals surface area contributed by atoms with Gasteiger partial charge < -0.3 is 10.4 Å². The van der Waals surface area contributed by atoms with Crippen molar-refractivity contribution in [3.8, 4) is 0 Å². The third-order valence-corrected chi connectivity index (χ3v) is 0.915. The molecular weight excluding hydrogens is 168 g/mol. The Bertz CT molecular complexity index is 160. The van der Waals surface area contributed by atoms with Crippen LogP contribution in [0.1, 0.15) is 6.42 Å². The van der Waals surface area contributed by atoms with Crippen molar-refractivity contribution >= 4 is 11.8 Å². The number of nitrogens with one attached hydrogen (secondary N) is 2. The molecule has 70 valence electrons. The maximum absolute atomic E-state index is 10.7. The Morgan fingerprint density at radius 3 is 2.50 bits per heavy atom. The lowest BCUT2D eigenvalue weighted by molar-refractivity contribution is -0.284. The van der Waals surface area contributed by atoms with Gasteiger partial charge >= 0.3 is 0 Å². The molecule has 0 rings (SSSR count). The molecule has 12 heavy (non-hydrogen) atoms. The molecule has 0 aliphatic rings. The summed E-state index contributed by atoms with van der Waals surface area (Å²) in [6.07, 6.45) is -0.458. The second-order valence-corrected chi connectivity index (χ2v) is 1.87. The molecule has 0 aromatic rings. The monoisotopic (exact) mass is 178 g/mol. The number of rotatable bonds is 5. The van der Waals surface area contributed by atoms with E-state index in [1.54, 1.807) is 5.48 Å². The summed E-state index contributed by atoms with van der Waals surface area (Å²) in [7, 11) is 0. The summed E-state index contributed by atoms with van der Waals surface area (Å²) in [5.41, 5.74) is 1.55. The van der Waals surface area contributed by atoms with Crippen molar-refractivity contribution in [3.63, 3.8) is 0 Å². The smallest absolute Gasteiger partial charge is 0.255 e. The van der Waals surface area contributed by atoms with Gasteiger partial charge in [-0.1, -0.05) is 0 Å². The SMILES string of the molecule is O=C(CC(=O)NOO)NCCO. The predicted octanol–water partition coefficient (Wildman–Crippen LogP) is -1.99. The molecule has 0 heterocycles. The highest BCUT2D eigenvalue weighted by Crippen LogP contribution is 1.78. The Balaban J connectivity index is 3.47. The highest BCUT2D eigenvalue weighted by Gasteiger charge is 2.07. The van der Waals surface area contributed by atoms with Crippen LogP contribution in [0.15, 0.2) is 0 Å². The minimum atomic E-state index is -0.770. The maximum Gasteiger partial charge on any atom is 0.255 e. The summed E-state index contributed by atoms with van der Waals surface area (Å²) in [4.78, 5) is 24.4. The number of hydrogen-bond acceptors (Lipinski definition) is 5. The first kappa shape index (κ1) is 10.8. The molecular formula is C5H10N2O5. The molecule has 0 aromatic heterocycles. The van der Waals surface area contributed by atoms with Gasteiger partial charge in [0.1, 0.15) is 6.42 Å². The van der Waals surface area contributed by atoms with E-state index in [0.717, 1.165) is 0 Å². The Kier molecular flexibility index (Phi) is 5.88. The van der Waals surface area contributed by atoms with Crippen LogP contribution in [0.25, 0.3) is 0 Å². The molecule has 0 radical (unpaired) electrons. The standard InChI is InChI=1S/C5H10N2O5/c8-2-1-6-4(9)3-5(10)7-12-11/h8,11H,1-3H2,(H,6,9)(H,7,10). The number of hydroxylamine groups is 1. The highest BCUT2D eigenvalue weighted by molar-refractivity contribution is 5.96. The fourth-order valence-corrected chi connectivity index (χ4v) is 0.491. The van der Waals surface area contributed by atoms with Gasteiger partial charge in [-0.25, -0.2) is 10.7 Å². The fourth-order valence-electron chi connectivity index (χ4n) is 0.491. The summed E-state index contributed by atoms with van der Waals surface area (Å²) in [6, 6.07) is 0. The van der Waals surface area contributed by atoms with E-state index in [9.17, 15) is 9.59 Å². The first-order valence-electron chi connectivity index (χ1n) is 3.17. The number of carbonyl (C=O) groups excluding carboxylic acids is 2. The van der Waals surface area contributed by atoms with Gasteiger partial charge in [0.25, 0.3) is 5.91 Å². The van der Waals surface area contributed by atoms with Crippen LogP contribution >= 0.6 is 0 Å². The molecule has 0 saturated carbocycles. The second kappa shape index (κ2) is 6.53. The first-order valence-corrected chi connectivity index (χ1v) is 3.17. The van der Waals surface area contributed by atoms with Gasteiger partial charge in [0.2, 0.25) is 5.91 Å². The molecule has 0 aromatic carbocycles. The summed E-state index contributed by atoms with van der Waals surface area (Å²) in [5.74, 6) is -1.33. The van der Waals surface area contributed by atoms with Crippen molar-refractivity contribution in [2.75, 3.05) is 13.2 Å². The minimum Gasteiger partial charge on any atom is -0.395 e. The topological polar surface area (TPSA) is 108 Å². The van der Waals surface area contributed by atoms with Crippen LogP contribution in [0.4, 0.5) is 0 Å². The van der Waals surface area contributed by atoms with Crippen LogP contribution in [0.3, 0.4) is 0 Å². The van der Waals surface area contributed by atoms with Crippen molar-refractivity contribution in [1.29, 1.82) is 0 Å². The van der Waals surface area contributed by atoms with E-state index in [1.165, 1.54) is 0 Å². The molecule has 2 amide bonds. The summed E-state index contributed by atoms with van der Waals surface area (Å²) in [5, 5.41) is 18.2. The van der Waals surface area contributed by atoms with E-state index in [-0.39, 0.29) is 13.2 Å². The van der Waals surface area contributed by atoms with Crippen LogP contribution in [0.5, 0.6) is 0 Å². The van der Waals surface area contributed by atoms with Crippen LogP contribution in [0.2, 0.25) is 0 Å². The lowest BCUT2D eigenvalue weighted by atomic mass is 10.4. The lowest BCUT2D eigenvalue weighted by Gasteiger charge is -2.01. The van der Waals surface area contributed by atoms with Crippen molar-refractivity contribution in [1.82, 2.24) is 10.8 Å². The van der Waals surface area contributed by atoms with Crippen molar-refractivity contribution in [3.05, 3.63) is 0 Å². The van der Waals surface area contributed by atoms with Crippen LogP contribution in [-0.4, -0.2) is 35.3 Å². The molecule has 7 heteroatoms. The Morgan fingerprint density at radius 1 is 1.33 bits per heavy atom. The molecule has 0 bridgehead atoms. The van der Waals surface area contributed by atoms with Crippen molar-refractivity contribution in [2.24, 2.45) is 0 Å². The zero-order valence-electron chi connectivity index (χ0n) is 6.24. The largest absolute Gasteiger partial charge is 0.395 e. The first-order chi connectivity index (χ1) is 5.70. The number of hydrogen-bond donors (Lipinski definition) is 4. The fraction of sp³-hybridized carbons (Fsp3) is 0.600. The lowest BCUT2D eigenvalue weighted by Crippen LogP contribution is -2.32. The van der Waals surface area contributed by atoms with Crippen molar-refractivity contribution < 1.29 is 24.9 Å². The Morgan fingerprint density at radius 2 is 2.00 bits per heavy atom. The molecule has 4 N–H and O–H groups in total. The molecule has 0 saturated heterocycles. The summed E-state index contributed by atoms with van der Waals surface area (Å²) in [6.45, 7) is -0.101. The van der Waals surface area contributed by atoms with Gasteiger partial charge in [-0.15, -0.1) is 4.99 Å². The van der Waals surface area contributed by atoms with Crippen LogP contribution in [-0.2, 0) is 14.6 Å². The average molecular weight is 178 g/mol. The van der Waals surface area contributed by atoms with E-state index in [4.69, 9.17) is 10.4 Å². The third-order valence-electron chi connectivity index (χ3n) is 0.915. The van der Waals surface area contributed by atoms with E-state index in [2.05, 4.69) is 10.3 Å². The van der Waals surface area contributed by atoms with E-state index in [1.807, 2.05) is 0 Å². The van der Waals surface area contributed by atoms with Gasteiger partial charge in [-0.05, 0) is 0 Å². The quantitative estimate of drug-likeness (QED) is 0.221. The average Bonchev–Trinajstić information content (AvgIpc) is 2.01. The molecule has 0 aliphatic carbocycles. The van der Waals surface area contributed by atoms with Gasteiger partial charge in [0.05, 0.1) is 6.61 Å². The minimum absolute atomic E-state index is 0.0894. The summed E-state index contributed by atoms with van der Waals surface area (Å²) >= 11 is 0. The van der Waals surface area contributed by atoms with Crippen LogP contribution < -0.4 is 10.8 Å². The zero-order valence-corrected chi connectivity index (χ0v) is 6.24. The number of carbonyl (C=O) groups is 2. The van der Waals surface area contributed by atoms with E-state index >= 15 is 0 Å². The Labute approximate surface area is 68.2 Å². The second-order valence-electron chi connectivity index (χ2n) is 1.87. The number of amides is 2. The summed E-state index contributed by atoms with van der Waals surface area (Å²) < 4.78 is 0. The normalized spacial score (nSPS) is 9.17. The highest BCUT2D eigenvalue weighted by atomic mass is 17.2. The van der Waals surface area contributed by atoms with E-state index < -0.39 is 18.2 Å². The maximum atomic E-state index is 10.7. The van der Waals surface area contributed by atoms with E-state index in [0.29, 0.717) is 0 Å². The molecule has 0 atom stereocenters. The number of aliphatic hydroxyl groups excluding tert-OH is 1. The Hall–Kier alpha value is -1.18. The molecule has 0 spiro atoms. The number of aliphatic hydroxyl groups is 1. The third kappa shape index (κ3) is 5.59. The molecule has 0 aliphatic heterocycles. The molecule has 0 unspecified atom stereocenters. The predicted molar refractivity (Wildman–Crippen MR) is 36.6 cm³/mol. The van der Waals surface area contributed by atoms with Gasteiger partial charge in [0, 0.05) is 6.54 Å². The zero-order chi connectivity index (χ0) is 9.40. The van der Waals surface area contributed by atoms with Crippen LogP contribution in [0, 0.1) is 0 Å². The molecule has 7 nitrogen and oxygen atoms in total.